The van der Waals surface area contributed by atoms with E-state index in [0.717, 1.165) is 16.6 Å². The number of rotatable bonds is 4. The lowest BCUT2D eigenvalue weighted by molar-refractivity contribution is 0.293. The highest BCUT2D eigenvalue weighted by atomic mass is 35.5. The van der Waals surface area contributed by atoms with E-state index < -0.39 is 0 Å². The molecule has 3 aromatic rings. The molecule has 0 radical (unpaired) electrons. The molecule has 3 rings (SSSR count). The first-order chi connectivity index (χ1) is 10.6. The Morgan fingerprint density at radius 2 is 1.91 bits per heavy atom. The molecule has 0 amide bonds. The Hall–Kier alpha value is -2.13. The molecule has 0 fully saturated rings. The number of aromatic nitrogens is 1. The van der Waals surface area contributed by atoms with Gasteiger partial charge in [-0.1, -0.05) is 23.7 Å². The highest BCUT2D eigenvalue weighted by Gasteiger charge is 2.13. The van der Waals surface area contributed by atoms with Crippen molar-refractivity contribution < 1.29 is 9.84 Å². The molecule has 114 valence electrons. The number of hydrogen-bond donors (Lipinski definition) is 1. The lowest BCUT2D eigenvalue weighted by Gasteiger charge is -2.15. The second-order valence-corrected chi connectivity index (χ2v) is 5.97. The summed E-state index contributed by atoms with van der Waals surface area (Å²) in [6.45, 7) is 4.69. The first-order valence-corrected chi connectivity index (χ1v) is 7.64. The quantitative estimate of drug-likeness (QED) is 0.721. The molecule has 0 aliphatic rings. The number of benzene rings is 2. The summed E-state index contributed by atoms with van der Waals surface area (Å²) >= 11 is 6.13. The van der Waals surface area contributed by atoms with Crippen LogP contribution in [0.5, 0.6) is 11.5 Å². The molecule has 2 aromatic carbocycles. The molecule has 22 heavy (non-hydrogen) atoms. The Bertz CT molecular complexity index is 808. The normalized spacial score (nSPS) is 11.3. The summed E-state index contributed by atoms with van der Waals surface area (Å²) in [7, 11) is 0. The van der Waals surface area contributed by atoms with Gasteiger partial charge in [0.15, 0.2) is 0 Å². The highest BCUT2D eigenvalue weighted by Crippen LogP contribution is 2.29. The largest absolute Gasteiger partial charge is 0.508 e. The molecule has 0 aliphatic carbocycles. The number of nitrogens with zero attached hydrogens (tertiary/aromatic N) is 1. The van der Waals surface area contributed by atoms with Crippen molar-refractivity contribution in [1.82, 2.24) is 4.57 Å². The summed E-state index contributed by atoms with van der Waals surface area (Å²) in [6.07, 6.45) is 0. The SMILES string of the molecule is CC(C)n1c(COc2ccccc2Cl)cc2cc(O)ccc21. The molecular formula is C18H18ClNO2. The van der Waals surface area contributed by atoms with E-state index in [4.69, 9.17) is 16.3 Å². The van der Waals surface area contributed by atoms with Crippen molar-refractivity contribution in [3.8, 4) is 11.5 Å². The van der Waals surface area contributed by atoms with Gasteiger partial charge >= 0.3 is 0 Å². The van der Waals surface area contributed by atoms with E-state index in [-0.39, 0.29) is 5.75 Å². The van der Waals surface area contributed by atoms with E-state index in [2.05, 4.69) is 18.4 Å². The second-order valence-electron chi connectivity index (χ2n) is 5.56. The summed E-state index contributed by atoms with van der Waals surface area (Å²) < 4.78 is 8.07. The van der Waals surface area contributed by atoms with Crippen molar-refractivity contribution in [2.45, 2.75) is 26.5 Å². The third kappa shape index (κ3) is 2.77. The smallest absolute Gasteiger partial charge is 0.138 e. The number of ether oxygens (including phenoxy) is 1. The van der Waals surface area contributed by atoms with Crippen LogP contribution >= 0.6 is 11.6 Å². The first-order valence-electron chi connectivity index (χ1n) is 7.26. The van der Waals surface area contributed by atoms with Gasteiger partial charge in [0.25, 0.3) is 0 Å². The maximum absolute atomic E-state index is 9.66. The maximum Gasteiger partial charge on any atom is 0.138 e. The highest BCUT2D eigenvalue weighted by molar-refractivity contribution is 6.32. The van der Waals surface area contributed by atoms with Crippen LogP contribution in [0.4, 0.5) is 0 Å². The molecule has 1 aromatic heterocycles. The van der Waals surface area contributed by atoms with E-state index in [0.29, 0.717) is 23.4 Å². The van der Waals surface area contributed by atoms with Gasteiger partial charge in [-0.15, -0.1) is 0 Å². The Balaban J connectivity index is 1.96. The summed E-state index contributed by atoms with van der Waals surface area (Å²) in [5.41, 5.74) is 2.14. The minimum absolute atomic E-state index is 0.270. The third-order valence-corrected chi connectivity index (χ3v) is 3.94. The summed E-state index contributed by atoms with van der Waals surface area (Å²) in [5.74, 6) is 0.944. The average molecular weight is 316 g/mol. The van der Waals surface area contributed by atoms with Gasteiger partial charge < -0.3 is 14.4 Å². The zero-order chi connectivity index (χ0) is 15.7. The monoisotopic (exact) mass is 315 g/mol. The average Bonchev–Trinajstić information content (AvgIpc) is 2.84. The fraction of sp³-hybridized carbons (Fsp3) is 0.222. The molecule has 0 unspecified atom stereocenters. The van der Waals surface area contributed by atoms with E-state index in [9.17, 15) is 5.11 Å². The molecular weight excluding hydrogens is 298 g/mol. The number of fused-ring (bicyclic) bond motifs is 1. The van der Waals surface area contributed by atoms with Crippen molar-refractivity contribution >= 4 is 22.5 Å². The van der Waals surface area contributed by atoms with Gasteiger partial charge in [0.05, 0.1) is 10.7 Å². The van der Waals surface area contributed by atoms with Crippen LogP contribution < -0.4 is 4.74 Å². The number of halogens is 1. The lowest BCUT2D eigenvalue weighted by atomic mass is 10.2. The van der Waals surface area contributed by atoms with Crippen LogP contribution in [-0.2, 0) is 6.61 Å². The zero-order valence-electron chi connectivity index (χ0n) is 12.6. The Labute approximate surface area is 134 Å². The van der Waals surface area contributed by atoms with Crippen molar-refractivity contribution in [3.05, 3.63) is 59.2 Å². The van der Waals surface area contributed by atoms with Gasteiger partial charge in [0, 0.05) is 16.9 Å². The molecule has 0 bridgehead atoms. The number of aromatic hydroxyl groups is 1. The molecule has 3 nitrogen and oxygen atoms in total. The van der Waals surface area contributed by atoms with Crippen LogP contribution in [0.1, 0.15) is 25.6 Å². The minimum atomic E-state index is 0.270. The Morgan fingerprint density at radius 1 is 1.14 bits per heavy atom. The molecule has 0 spiro atoms. The van der Waals surface area contributed by atoms with E-state index >= 15 is 0 Å². The van der Waals surface area contributed by atoms with Crippen LogP contribution in [0.3, 0.4) is 0 Å². The van der Waals surface area contributed by atoms with Crippen LogP contribution in [0, 0.1) is 0 Å². The van der Waals surface area contributed by atoms with Crippen molar-refractivity contribution in [3.63, 3.8) is 0 Å². The standard InChI is InChI=1S/C18H18ClNO2/c1-12(2)20-14(9-13-10-15(21)7-8-17(13)20)11-22-18-6-4-3-5-16(18)19/h3-10,12,21H,11H2,1-2H3. The molecule has 0 atom stereocenters. The number of phenolic OH excluding ortho intramolecular Hbond substituents is 1. The predicted molar refractivity (Wildman–Crippen MR) is 89.8 cm³/mol. The molecule has 0 saturated heterocycles. The lowest BCUT2D eigenvalue weighted by Crippen LogP contribution is -2.08. The maximum atomic E-state index is 9.66. The second kappa shape index (κ2) is 5.93. The van der Waals surface area contributed by atoms with Crippen LogP contribution in [0.2, 0.25) is 5.02 Å². The van der Waals surface area contributed by atoms with E-state index in [1.165, 1.54) is 0 Å². The van der Waals surface area contributed by atoms with Crippen molar-refractivity contribution in [2.24, 2.45) is 0 Å². The molecule has 1 heterocycles. The molecule has 0 aliphatic heterocycles. The third-order valence-electron chi connectivity index (χ3n) is 3.63. The van der Waals surface area contributed by atoms with Gasteiger partial charge in [-0.05, 0) is 50.2 Å². The van der Waals surface area contributed by atoms with Gasteiger partial charge in [-0.25, -0.2) is 0 Å². The van der Waals surface area contributed by atoms with Crippen LogP contribution in [0.15, 0.2) is 48.5 Å². The van der Waals surface area contributed by atoms with Crippen LogP contribution in [0.25, 0.3) is 10.9 Å². The number of hydrogen-bond acceptors (Lipinski definition) is 2. The first kappa shape index (κ1) is 14.8. The van der Waals surface area contributed by atoms with Gasteiger partial charge in [0.1, 0.15) is 18.1 Å². The Kier molecular flexibility index (Phi) is 3.99. The predicted octanol–water partition coefficient (Wildman–Crippen LogP) is 5.16. The summed E-state index contributed by atoms with van der Waals surface area (Å²) in [5, 5.41) is 11.3. The molecule has 4 heteroatoms. The molecule has 1 N–H and O–H groups in total. The zero-order valence-corrected chi connectivity index (χ0v) is 13.3. The summed E-state index contributed by atoms with van der Waals surface area (Å²) in [6, 6.07) is 15.2. The van der Waals surface area contributed by atoms with Crippen molar-refractivity contribution in [2.75, 3.05) is 0 Å². The fourth-order valence-electron chi connectivity index (χ4n) is 2.72. The number of para-hydroxylation sites is 1. The Morgan fingerprint density at radius 3 is 2.64 bits per heavy atom. The van der Waals surface area contributed by atoms with Gasteiger partial charge in [-0.2, -0.15) is 0 Å². The van der Waals surface area contributed by atoms with Crippen molar-refractivity contribution in [1.29, 1.82) is 0 Å². The van der Waals surface area contributed by atoms with Crippen LogP contribution in [-0.4, -0.2) is 9.67 Å². The van der Waals surface area contributed by atoms with E-state index in [1.807, 2.05) is 36.4 Å². The summed E-state index contributed by atoms with van der Waals surface area (Å²) in [4.78, 5) is 0. The fourth-order valence-corrected chi connectivity index (χ4v) is 2.91. The molecule has 0 saturated carbocycles. The van der Waals surface area contributed by atoms with Gasteiger partial charge in [0.2, 0.25) is 0 Å². The topological polar surface area (TPSA) is 34.4 Å². The minimum Gasteiger partial charge on any atom is -0.508 e. The van der Waals surface area contributed by atoms with E-state index in [1.54, 1.807) is 12.1 Å². The number of phenols is 1. The van der Waals surface area contributed by atoms with Gasteiger partial charge in [-0.3, -0.25) is 0 Å².